The number of likely N-dealkylation sites (N-methyl/N-ethyl adjacent to an activating group) is 1. The van der Waals surface area contributed by atoms with E-state index >= 15 is 0 Å². The fourth-order valence-corrected chi connectivity index (χ4v) is 5.20. The average Bonchev–Trinajstić information content (AvgIpc) is 2.76. The molecule has 0 radical (unpaired) electrons. The average molecular weight is 374 g/mol. The summed E-state index contributed by atoms with van der Waals surface area (Å²) in [7, 11) is -1.50. The number of nitrogens with zero attached hydrogens (tertiary/aromatic N) is 3. The van der Waals surface area contributed by atoms with E-state index in [-0.39, 0.29) is 18.0 Å². The van der Waals surface area contributed by atoms with Gasteiger partial charge < -0.3 is 13.9 Å². The van der Waals surface area contributed by atoms with Crippen molar-refractivity contribution in [1.82, 2.24) is 14.9 Å². The van der Waals surface area contributed by atoms with Crippen LogP contribution >= 0.6 is 7.60 Å². The number of carbonyl (C=O) groups excluding carboxylic acids is 1. The Morgan fingerprint density at radius 1 is 1.16 bits per heavy atom. The lowest BCUT2D eigenvalue weighted by Crippen LogP contribution is -2.50. The third-order valence-electron chi connectivity index (χ3n) is 5.07. The molecule has 2 aliphatic heterocycles. The van der Waals surface area contributed by atoms with E-state index in [1.165, 1.54) is 5.01 Å². The molecule has 0 bridgehead atoms. The topological polar surface area (TPSA) is 86.2 Å². The summed E-state index contributed by atoms with van der Waals surface area (Å²) in [5, 5.41) is 12.1. The summed E-state index contributed by atoms with van der Waals surface area (Å²) < 4.78 is 23.4. The Kier molecular flexibility index (Phi) is 6.65. The number of urea groups is 1. The number of hydrazine groups is 1. The summed E-state index contributed by atoms with van der Waals surface area (Å²) in [6, 6.07) is -0.197. The standard InChI is InChI=1S/C16H31N4O4P/c1-5-23-25(22,24-6-2)13-10-16(3)14(17)20(15(21)18(16)4)19-11-8-7-9-12-19/h17H,5-13H2,1-4H3. The van der Waals surface area contributed by atoms with Crippen molar-refractivity contribution in [1.29, 1.82) is 5.41 Å². The van der Waals surface area contributed by atoms with E-state index in [9.17, 15) is 9.36 Å². The molecule has 9 heteroatoms. The molecule has 144 valence electrons. The summed E-state index contributed by atoms with van der Waals surface area (Å²) >= 11 is 0. The van der Waals surface area contributed by atoms with E-state index < -0.39 is 13.1 Å². The predicted molar refractivity (Wildman–Crippen MR) is 96.9 cm³/mol. The van der Waals surface area contributed by atoms with Crippen molar-refractivity contribution in [2.24, 2.45) is 0 Å². The number of rotatable bonds is 8. The van der Waals surface area contributed by atoms with Gasteiger partial charge >= 0.3 is 13.6 Å². The number of hydrogen-bond acceptors (Lipinski definition) is 6. The third-order valence-corrected chi connectivity index (χ3v) is 7.14. The zero-order chi connectivity index (χ0) is 18.7. The van der Waals surface area contributed by atoms with Gasteiger partial charge in [-0.2, -0.15) is 0 Å². The molecule has 1 atom stereocenters. The van der Waals surface area contributed by atoms with Crippen LogP contribution in [0.15, 0.2) is 0 Å². The van der Waals surface area contributed by atoms with E-state index in [1.54, 1.807) is 25.8 Å². The Morgan fingerprint density at radius 3 is 2.24 bits per heavy atom. The molecular formula is C16H31N4O4P. The van der Waals surface area contributed by atoms with Gasteiger partial charge in [0, 0.05) is 20.1 Å². The monoisotopic (exact) mass is 374 g/mol. The minimum Gasteiger partial charge on any atom is -0.314 e. The molecule has 2 rings (SSSR count). The van der Waals surface area contributed by atoms with E-state index in [0.717, 1.165) is 32.4 Å². The van der Waals surface area contributed by atoms with Crippen LogP contribution in [0.1, 0.15) is 46.5 Å². The number of hydrogen-bond donors (Lipinski definition) is 1. The number of amides is 2. The maximum Gasteiger partial charge on any atom is 0.341 e. The molecule has 0 aliphatic carbocycles. The van der Waals surface area contributed by atoms with Crippen LogP contribution in [-0.2, 0) is 13.6 Å². The van der Waals surface area contributed by atoms with Crippen LogP contribution < -0.4 is 0 Å². The molecule has 2 heterocycles. The van der Waals surface area contributed by atoms with Crippen molar-refractivity contribution in [3.05, 3.63) is 0 Å². The Balaban J connectivity index is 2.14. The van der Waals surface area contributed by atoms with E-state index in [2.05, 4.69) is 0 Å². The van der Waals surface area contributed by atoms with E-state index in [1.807, 2.05) is 11.9 Å². The smallest absolute Gasteiger partial charge is 0.314 e. The molecule has 0 aromatic carbocycles. The van der Waals surface area contributed by atoms with Crippen LogP contribution in [0.3, 0.4) is 0 Å². The highest BCUT2D eigenvalue weighted by molar-refractivity contribution is 7.53. The summed E-state index contributed by atoms with van der Waals surface area (Å²) in [5.41, 5.74) is -0.821. The van der Waals surface area contributed by atoms with Crippen molar-refractivity contribution < 1.29 is 18.4 Å². The van der Waals surface area contributed by atoms with Gasteiger partial charge in [0.2, 0.25) is 0 Å². The molecule has 0 aromatic rings. The largest absolute Gasteiger partial charge is 0.341 e. The van der Waals surface area contributed by atoms with Gasteiger partial charge in [0.15, 0.2) is 0 Å². The van der Waals surface area contributed by atoms with Crippen LogP contribution in [0, 0.1) is 5.41 Å². The van der Waals surface area contributed by atoms with Gasteiger partial charge in [-0.25, -0.2) is 14.8 Å². The Hall–Kier alpha value is -0.950. The molecule has 0 aromatic heterocycles. The summed E-state index contributed by atoms with van der Waals surface area (Å²) in [6.07, 6.45) is 3.75. The molecule has 1 unspecified atom stereocenters. The number of piperidine rings is 1. The molecule has 8 nitrogen and oxygen atoms in total. The Morgan fingerprint density at radius 2 is 1.72 bits per heavy atom. The Bertz CT molecular complexity index is 542. The Labute approximate surface area is 150 Å². The van der Waals surface area contributed by atoms with Crippen molar-refractivity contribution in [2.45, 2.75) is 52.0 Å². The lowest BCUT2D eigenvalue weighted by Gasteiger charge is -2.34. The molecule has 25 heavy (non-hydrogen) atoms. The van der Waals surface area contributed by atoms with Crippen LogP contribution in [0.4, 0.5) is 4.79 Å². The molecule has 2 aliphatic rings. The lowest BCUT2D eigenvalue weighted by molar-refractivity contribution is 0.0539. The zero-order valence-electron chi connectivity index (χ0n) is 15.8. The van der Waals surface area contributed by atoms with E-state index in [4.69, 9.17) is 14.5 Å². The normalized spacial score (nSPS) is 25.9. The highest BCUT2D eigenvalue weighted by Crippen LogP contribution is 2.50. The number of nitrogens with one attached hydrogen (secondary N) is 1. The first kappa shape index (κ1) is 20.4. The highest BCUT2D eigenvalue weighted by Gasteiger charge is 2.52. The first-order valence-corrected chi connectivity index (χ1v) is 10.8. The predicted octanol–water partition coefficient (Wildman–Crippen LogP) is 3.15. The minimum absolute atomic E-state index is 0.180. The summed E-state index contributed by atoms with van der Waals surface area (Å²) in [6.45, 7) is 7.58. The molecule has 2 amide bonds. The second kappa shape index (κ2) is 8.16. The molecule has 1 N–H and O–H groups in total. The maximum absolute atomic E-state index is 12.7. The van der Waals surface area contributed by atoms with Gasteiger partial charge in [-0.3, -0.25) is 9.97 Å². The van der Waals surface area contributed by atoms with Crippen LogP contribution in [-0.4, -0.2) is 71.8 Å². The highest BCUT2D eigenvalue weighted by atomic mass is 31.2. The van der Waals surface area contributed by atoms with Crippen LogP contribution in [0.25, 0.3) is 0 Å². The van der Waals surface area contributed by atoms with Gasteiger partial charge in [0.25, 0.3) is 0 Å². The van der Waals surface area contributed by atoms with Gasteiger partial charge in [0.05, 0.1) is 19.4 Å². The van der Waals surface area contributed by atoms with Gasteiger partial charge in [-0.15, -0.1) is 0 Å². The minimum atomic E-state index is -3.21. The third kappa shape index (κ3) is 4.08. The zero-order valence-corrected chi connectivity index (χ0v) is 16.7. The molecule has 0 saturated carbocycles. The van der Waals surface area contributed by atoms with Crippen molar-refractivity contribution in [2.75, 3.05) is 39.5 Å². The van der Waals surface area contributed by atoms with Crippen molar-refractivity contribution in [3.8, 4) is 0 Å². The summed E-state index contributed by atoms with van der Waals surface area (Å²) in [4.78, 5) is 14.3. The fourth-order valence-electron chi connectivity index (χ4n) is 3.38. The second-order valence-electron chi connectivity index (χ2n) is 6.71. The molecular weight excluding hydrogens is 343 g/mol. The second-order valence-corrected chi connectivity index (χ2v) is 8.90. The maximum atomic E-state index is 12.7. The van der Waals surface area contributed by atoms with Crippen LogP contribution in [0.2, 0.25) is 0 Å². The number of carbonyl (C=O) groups is 1. The first-order valence-electron chi connectivity index (χ1n) is 9.09. The van der Waals surface area contributed by atoms with Crippen molar-refractivity contribution in [3.63, 3.8) is 0 Å². The van der Waals surface area contributed by atoms with Crippen LogP contribution in [0.5, 0.6) is 0 Å². The quantitative estimate of drug-likeness (QED) is 0.660. The first-order chi connectivity index (χ1) is 11.8. The molecule has 2 saturated heterocycles. The SMILES string of the molecule is CCOP(=O)(CCC1(C)C(=N)N(N2CCCCC2)C(=O)N1C)OCC. The number of amidine groups is 1. The van der Waals surface area contributed by atoms with Crippen molar-refractivity contribution >= 4 is 19.5 Å². The van der Waals surface area contributed by atoms with Gasteiger partial charge in [-0.05, 0) is 40.0 Å². The molecule has 0 spiro atoms. The van der Waals surface area contributed by atoms with Gasteiger partial charge in [-0.1, -0.05) is 6.42 Å². The fraction of sp³-hybridized carbons (Fsp3) is 0.875. The lowest BCUT2D eigenvalue weighted by atomic mass is 9.97. The molecule has 2 fully saturated rings. The summed E-state index contributed by atoms with van der Waals surface area (Å²) in [5.74, 6) is 0.237. The van der Waals surface area contributed by atoms with E-state index in [0.29, 0.717) is 19.6 Å². The van der Waals surface area contributed by atoms with Gasteiger partial charge in [0.1, 0.15) is 11.4 Å².